The fourth-order valence-corrected chi connectivity index (χ4v) is 2.07. The summed E-state index contributed by atoms with van der Waals surface area (Å²) in [7, 11) is 0. The molecule has 0 heterocycles. The molecule has 0 radical (unpaired) electrons. The van der Waals surface area contributed by atoms with Gasteiger partial charge in [0.1, 0.15) is 11.7 Å². The minimum absolute atomic E-state index is 0.0628. The van der Waals surface area contributed by atoms with E-state index < -0.39 is 5.60 Å². The van der Waals surface area contributed by atoms with Crippen LogP contribution in [0.5, 0.6) is 0 Å². The van der Waals surface area contributed by atoms with Crippen LogP contribution in [0.4, 0.5) is 4.79 Å². The zero-order chi connectivity index (χ0) is 13.6. The molecule has 1 N–H and O–H groups in total. The Bertz CT molecular complexity index is 309. The molecule has 0 spiro atoms. The van der Waals surface area contributed by atoms with E-state index in [1.54, 1.807) is 6.26 Å². The first-order valence-corrected chi connectivity index (χ1v) is 6.42. The van der Waals surface area contributed by atoms with Gasteiger partial charge in [-0.2, -0.15) is 5.26 Å². The van der Waals surface area contributed by atoms with Crippen molar-refractivity contribution < 1.29 is 14.3 Å². The molecule has 0 saturated heterocycles. The molecule has 0 aromatic carbocycles. The van der Waals surface area contributed by atoms with Crippen LogP contribution in [0.1, 0.15) is 46.5 Å². The van der Waals surface area contributed by atoms with Crippen molar-refractivity contribution in [3.63, 3.8) is 0 Å². The second kappa shape index (κ2) is 6.48. The largest absolute Gasteiger partial charge is 0.444 e. The van der Waals surface area contributed by atoms with Gasteiger partial charge in [-0.1, -0.05) is 0 Å². The van der Waals surface area contributed by atoms with Crippen LogP contribution in [-0.2, 0) is 9.47 Å². The van der Waals surface area contributed by atoms with Gasteiger partial charge in [0.25, 0.3) is 6.26 Å². The van der Waals surface area contributed by atoms with Crippen molar-refractivity contribution in [1.29, 1.82) is 5.26 Å². The first-order valence-electron chi connectivity index (χ1n) is 6.42. The summed E-state index contributed by atoms with van der Waals surface area (Å²) in [4.78, 5) is 11.5. The highest BCUT2D eigenvalue weighted by atomic mass is 16.6. The van der Waals surface area contributed by atoms with Crippen molar-refractivity contribution in [2.24, 2.45) is 5.92 Å². The van der Waals surface area contributed by atoms with Crippen molar-refractivity contribution in [3.8, 4) is 6.26 Å². The molecule has 1 aliphatic rings. The number of nitriles is 1. The summed E-state index contributed by atoms with van der Waals surface area (Å²) in [6.45, 7) is 6.17. The Balaban J connectivity index is 2.18. The van der Waals surface area contributed by atoms with Crippen LogP contribution in [0.15, 0.2) is 0 Å². The molecule has 1 saturated carbocycles. The fourth-order valence-electron chi connectivity index (χ4n) is 2.07. The van der Waals surface area contributed by atoms with Gasteiger partial charge < -0.3 is 14.8 Å². The van der Waals surface area contributed by atoms with Crippen molar-refractivity contribution >= 4 is 6.09 Å². The van der Waals surface area contributed by atoms with Crippen LogP contribution in [0, 0.1) is 17.4 Å². The maximum Gasteiger partial charge on any atom is 0.407 e. The van der Waals surface area contributed by atoms with Crippen LogP contribution in [0.2, 0.25) is 0 Å². The van der Waals surface area contributed by atoms with Crippen molar-refractivity contribution in [2.75, 3.05) is 6.54 Å². The molecule has 0 aliphatic heterocycles. The van der Waals surface area contributed by atoms with Gasteiger partial charge in [0, 0.05) is 6.54 Å². The quantitative estimate of drug-likeness (QED) is 0.786. The second-order valence-electron chi connectivity index (χ2n) is 5.73. The minimum atomic E-state index is -0.456. The van der Waals surface area contributed by atoms with E-state index in [2.05, 4.69) is 5.32 Å². The SMILES string of the molecule is CC(C)(C)OC(=O)NCC1CCC(OC#N)CC1. The lowest BCUT2D eigenvalue weighted by Crippen LogP contribution is -2.36. The number of alkyl carbamates (subject to hydrolysis) is 1. The number of amides is 1. The lowest BCUT2D eigenvalue weighted by molar-refractivity contribution is 0.0502. The second-order valence-corrected chi connectivity index (χ2v) is 5.73. The molecule has 5 nitrogen and oxygen atoms in total. The zero-order valence-electron chi connectivity index (χ0n) is 11.4. The van der Waals surface area contributed by atoms with Gasteiger partial charge >= 0.3 is 6.09 Å². The van der Waals surface area contributed by atoms with Crippen LogP contribution in [-0.4, -0.2) is 24.3 Å². The summed E-state index contributed by atoms with van der Waals surface area (Å²) in [5, 5.41) is 11.2. The third-order valence-corrected chi connectivity index (χ3v) is 2.95. The predicted molar refractivity (Wildman–Crippen MR) is 66.7 cm³/mol. The number of carbonyl (C=O) groups excluding carboxylic acids is 1. The van der Waals surface area contributed by atoms with Crippen LogP contribution in [0.3, 0.4) is 0 Å². The Morgan fingerprint density at radius 1 is 1.33 bits per heavy atom. The Hall–Kier alpha value is -1.44. The summed E-state index contributed by atoms with van der Waals surface area (Å²) in [5.74, 6) is 0.455. The number of hydrogen-bond acceptors (Lipinski definition) is 4. The average molecular weight is 254 g/mol. The monoisotopic (exact) mass is 254 g/mol. The molecule has 0 aromatic rings. The van der Waals surface area contributed by atoms with E-state index in [1.807, 2.05) is 20.8 Å². The normalized spacial score (nSPS) is 23.9. The van der Waals surface area contributed by atoms with E-state index in [-0.39, 0.29) is 12.2 Å². The number of ether oxygens (including phenoxy) is 2. The topological polar surface area (TPSA) is 71.3 Å². The Morgan fingerprint density at radius 3 is 2.44 bits per heavy atom. The maximum absolute atomic E-state index is 11.5. The minimum Gasteiger partial charge on any atom is -0.444 e. The van der Waals surface area contributed by atoms with Crippen LogP contribution >= 0.6 is 0 Å². The molecule has 1 amide bonds. The first-order chi connectivity index (χ1) is 8.40. The highest BCUT2D eigenvalue weighted by molar-refractivity contribution is 5.67. The van der Waals surface area contributed by atoms with E-state index >= 15 is 0 Å². The van der Waals surface area contributed by atoms with Crippen molar-refractivity contribution in [1.82, 2.24) is 5.32 Å². The molecule has 102 valence electrons. The Morgan fingerprint density at radius 2 is 1.94 bits per heavy atom. The molecular weight excluding hydrogens is 232 g/mol. The Kier molecular flexibility index (Phi) is 5.26. The van der Waals surface area contributed by atoms with Gasteiger partial charge in [-0.3, -0.25) is 0 Å². The van der Waals surface area contributed by atoms with E-state index in [9.17, 15) is 4.79 Å². The number of hydrogen-bond donors (Lipinski definition) is 1. The summed E-state index contributed by atoms with van der Waals surface area (Å²) < 4.78 is 10.1. The molecule has 1 fully saturated rings. The highest BCUT2D eigenvalue weighted by Crippen LogP contribution is 2.25. The molecule has 1 aliphatic carbocycles. The lowest BCUT2D eigenvalue weighted by atomic mass is 9.87. The maximum atomic E-state index is 11.5. The fraction of sp³-hybridized carbons (Fsp3) is 0.846. The molecule has 1 rings (SSSR count). The van der Waals surface area contributed by atoms with Gasteiger partial charge in [-0.25, -0.2) is 4.79 Å². The van der Waals surface area contributed by atoms with E-state index in [0.29, 0.717) is 12.5 Å². The molecular formula is C13H22N2O3. The third kappa shape index (κ3) is 5.76. The van der Waals surface area contributed by atoms with E-state index in [0.717, 1.165) is 25.7 Å². The van der Waals surface area contributed by atoms with E-state index in [1.165, 1.54) is 0 Å². The smallest absolute Gasteiger partial charge is 0.407 e. The molecule has 0 unspecified atom stereocenters. The van der Waals surface area contributed by atoms with Crippen molar-refractivity contribution in [3.05, 3.63) is 0 Å². The summed E-state index contributed by atoms with van der Waals surface area (Å²) >= 11 is 0. The number of rotatable bonds is 3. The van der Waals surface area contributed by atoms with Crippen LogP contribution < -0.4 is 5.32 Å². The number of carbonyl (C=O) groups is 1. The zero-order valence-corrected chi connectivity index (χ0v) is 11.4. The molecule has 0 atom stereocenters. The predicted octanol–water partition coefficient (Wildman–Crippen LogP) is 2.57. The van der Waals surface area contributed by atoms with Gasteiger partial charge in [0.2, 0.25) is 0 Å². The van der Waals surface area contributed by atoms with Gasteiger partial charge in [-0.05, 0) is 52.4 Å². The van der Waals surface area contributed by atoms with Crippen molar-refractivity contribution in [2.45, 2.75) is 58.2 Å². The van der Waals surface area contributed by atoms with Gasteiger partial charge in [0.15, 0.2) is 0 Å². The van der Waals surface area contributed by atoms with E-state index in [4.69, 9.17) is 14.7 Å². The number of nitrogens with one attached hydrogen (secondary N) is 1. The van der Waals surface area contributed by atoms with Gasteiger partial charge in [-0.15, -0.1) is 0 Å². The van der Waals surface area contributed by atoms with Crippen LogP contribution in [0.25, 0.3) is 0 Å². The lowest BCUT2D eigenvalue weighted by Gasteiger charge is -2.27. The highest BCUT2D eigenvalue weighted by Gasteiger charge is 2.23. The molecule has 18 heavy (non-hydrogen) atoms. The molecule has 5 heteroatoms. The molecule has 0 bridgehead atoms. The summed E-state index contributed by atoms with van der Waals surface area (Å²) in [5.41, 5.74) is -0.456. The summed E-state index contributed by atoms with van der Waals surface area (Å²) in [6.07, 6.45) is 5.15. The van der Waals surface area contributed by atoms with Gasteiger partial charge in [0.05, 0.1) is 0 Å². The third-order valence-electron chi connectivity index (χ3n) is 2.95. The average Bonchev–Trinajstić information content (AvgIpc) is 2.26. The summed E-state index contributed by atoms with van der Waals surface area (Å²) in [6, 6.07) is 0. The molecule has 0 aromatic heterocycles. The first kappa shape index (κ1) is 14.6. The Labute approximate surface area is 108 Å². The number of nitrogens with zero attached hydrogens (tertiary/aromatic N) is 1. The standard InChI is InChI=1S/C13H22N2O3/c1-13(2,3)18-12(16)15-8-10-4-6-11(7-5-10)17-9-14/h10-11H,4-8H2,1-3H3,(H,15,16).